The SMILES string of the molecule is CCOC(=O)c1cc(C(C)(C)OO)oc1C. The highest BCUT2D eigenvalue weighted by Gasteiger charge is 2.29. The fourth-order valence-corrected chi connectivity index (χ4v) is 1.24. The molecule has 0 radical (unpaired) electrons. The van der Waals surface area contributed by atoms with Gasteiger partial charge in [-0.2, -0.15) is 0 Å². The Hall–Kier alpha value is -1.33. The number of hydrogen-bond donors (Lipinski definition) is 1. The summed E-state index contributed by atoms with van der Waals surface area (Å²) in [6.07, 6.45) is 0. The highest BCUT2D eigenvalue weighted by molar-refractivity contribution is 5.90. The van der Waals surface area contributed by atoms with Crippen molar-refractivity contribution >= 4 is 5.97 Å². The van der Waals surface area contributed by atoms with Crippen LogP contribution in [0.2, 0.25) is 0 Å². The van der Waals surface area contributed by atoms with Gasteiger partial charge in [0, 0.05) is 0 Å². The minimum Gasteiger partial charge on any atom is -0.462 e. The molecule has 0 aliphatic heterocycles. The van der Waals surface area contributed by atoms with Gasteiger partial charge in [0.25, 0.3) is 0 Å². The molecule has 0 aliphatic rings. The summed E-state index contributed by atoms with van der Waals surface area (Å²) in [5.41, 5.74) is -0.642. The standard InChI is InChI=1S/C11H16O5/c1-5-14-10(12)8-6-9(15-7(8)2)11(3,4)16-13/h6,13H,5H2,1-4H3. The molecule has 1 aromatic rings. The van der Waals surface area contributed by atoms with Crippen LogP contribution < -0.4 is 0 Å². The first kappa shape index (κ1) is 12.7. The van der Waals surface area contributed by atoms with E-state index in [4.69, 9.17) is 14.4 Å². The predicted molar refractivity (Wildman–Crippen MR) is 56.1 cm³/mol. The minimum absolute atomic E-state index is 0.304. The van der Waals surface area contributed by atoms with E-state index in [-0.39, 0.29) is 0 Å². The number of hydrogen-bond acceptors (Lipinski definition) is 5. The zero-order valence-corrected chi connectivity index (χ0v) is 9.86. The summed E-state index contributed by atoms with van der Waals surface area (Å²) in [5.74, 6) is 0.373. The van der Waals surface area contributed by atoms with E-state index in [1.807, 2.05) is 0 Å². The number of aryl methyl sites for hydroxylation is 1. The quantitative estimate of drug-likeness (QED) is 0.487. The van der Waals surface area contributed by atoms with E-state index in [0.29, 0.717) is 23.7 Å². The third-order valence-electron chi connectivity index (χ3n) is 2.23. The van der Waals surface area contributed by atoms with E-state index in [1.54, 1.807) is 27.7 Å². The first-order valence-corrected chi connectivity index (χ1v) is 5.03. The van der Waals surface area contributed by atoms with Crippen molar-refractivity contribution in [2.45, 2.75) is 33.3 Å². The monoisotopic (exact) mass is 228 g/mol. The van der Waals surface area contributed by atoms with Crippen LogP contribution in [0.15, 0.2) is 10.5 Å². The van der Waals surface area contributed by atoms with Gasteiger partial charge in [-0.1, -0.05) is 0 Å². The van der Waals surface area contributed by atoms with Gasteiger partial charge in [0.2, 0.25) is 0 Å². The number of carbonyl (C=O) groups excluding carboxylic acids is 1. The fraction of sp³-hybridized carbons (Fsp3) is 0.545. The first-order valence-electron chi connectivity index (χ1n) is 5.03. The highest BCUT2D eigenvalue weighted by Crippen LogP contribution is 2.28. The average Bonchev–Trinajstić information content (AvgIpc) is 2.61. The number of furan rings is 1. The lowest BCUT2D eigenvalue weighted by atomic mass is 10.1. The van der Waals surface area contributed by atoms with E-state index in [9.17, 15) is 4.79 Å². The van der Waals surface area contributed by atoms with Crippen LogP contribution in [-0.2, 0) is 15.2 Å². The van der Waals surface area contributed by atoms with Crippen LogP contribution in [0.4, 0.5) is 0 Å². The van der Waals surface area contributed by atoms with E-state index in [1.165, 1.54) is 6.07 Å². The van der Waals surface area contributed by atoms with Crippen molar-refractivity contribution < 1.29 is 24.1 Å². The van der Waals surface area contributed by atoms with Crippen LogP contribution in [0.25, 0.3) is 0 Å². The fourth-order valence-electron chi connectivity index (χ4n) is 1.24. The Kier molecular flexibility index (Phi) is 3.72. The van der Waals surface area contributed by atoms with Crippen LogP contribution in [-0.4, -0.2) is 17.8 Å². The molecule has 0 saturated carbocycles. The zero-order valence-electron chi connectivity index (χ0n) is 9.86. The van der Waals surface area contributed by atoms with E-state index in [0.717, 1.165) is 0 Å². The molecule has 1 N–H and O–H groups in total. The van der Waals surface area contributed by atoms with Crippen molar-refractivity contribution in [1.82, 2.24) is 0 Å². The van der Waals surface area contributed by atoms with Crippen LogP contribution in [0.5, 0.6) is 0 Å². The Morgan fingerprint density at radius 3 is 2.69 bits per heavy atom. The molecule has 1 aromatic heterocycles. The topological polar surface area (TPSA) is 68.9 Å². The molecule has 0 unspecified atom stereocenters. The number of carbonyl (C=O) groups is 1. The van der Waals surface area contributed by atoms with Gasteiger partial charge < -0.3 is 9.15 Å². The predicted octanol–water partition coefficient (Wildman–Crippen LogP) is 2.49. The van der Waals surface area contributed by atoms with Crippen LogP contribution >= 0.6 is 0 Å². The summed E-state index contributed by atoms with van der Waals surface area (Å²) in [5, 5.41) is 8.71. The second kappa shape index (κ2) is 4.67. The summed E-state index contributed by atoms with van der Waals surface area (Å²) < 4.78 is 10.2. The Morgan fingerprint density at radius 1 is 1.56 bits per heavy atom. The van der Waals surface area contributed by atoms with Crippen molar-refractivity contribution in [2.24, 2.45) is 0 Å². The maximum Gasteiger partial charge on any atom is 0.341 e. The lowest BCUT2D eigenvalue weighted by Crippen LogP contribution is -2.18. The number of ether oxygens (including phenoxy) is 1. The molecule has 5 heteroatoms. The van der Waals surface area contributed by atoms with Crippen LogP contribution in [0.3, 0.4) is 0 Å². The molecule has 1 rings (SSSR count). The van der Waals surface area contributed by atoms with E-state index in [2.05, 4.69) is 4.89 Å². The lowest BCUT2D eigenvalue weighted by Gasteiger charge is -2.16. The molecule has 0 spiro atoms. The summed E-state index contributed by atoms with van der Waals surface area (Å²) in [6.45, 7) is 6.94. The highest BCUT2D eigenvalue weighted by atomic mass is 17.1. The van der Waals surface area contributed by atoms with Crippen LogP contribution in [0.1, 0.15) is 42.6 Å². The minimum atomic E-state index is -0.991. The Labute approximate surface area is 93.9 Å². The summed E-state index contributed by atoms with van der Waals surface area (Å²) >= 11 is 0. The smallest absolute Gasteiger partial charge is 0.341 e. The van der Waals surface area contributed by atoms with Gasteiger partial charge in [0.05, 0.1) is 6.61 Å². The van der Waals surface area contributed by atoms with E-state index >= 15 is 0 Å². The molecule has 5 nitrogen and oxygen atoms in total. The molecule has 16 heavy (non-hydrogen) atoms. The zero-order chi connectivity index (χ0) is 12.3. The Bertz CT molecular complexity index is 378. The molecule has 0 aromatic carbocycles. The third-order valence-corrected chi connectivity index (χ3v) is 2.23. The van der Waals surface area contributed by atoms with Gasteiger partial charge in [-0.25, -0.2) is 9.68 Å². The van der Waals surface area contributed by atoms with Crippen LogP contribution in [0, 0.1) is 6.92 Å². The van der Waals surface area contributed by atoms with Gasteiger partial charge in [-0.05, 0) is 33.8 Å². The molecule has 0 bridgehead atoms. The Morgan fingerprint density at radius 2 is 2.19 bits per heavy atom. The molecule has 1 heterocycles. The largest absolute Gasteiger partial charge is 0.462 e. The Balaban J connectivity index is 3.03. The third kappa shape index (κ3) is 2.43. The molecule has 90 valence electrons. The molecular formula is C11H16O5. The molecule has 0 amide bonds. The molecule has 0 aliphatic carbocycles. The summed E-state index contributed by atoms with van der Waals surface area (Å²) in [7, 11) is 0. The van der Waals surface area contributed by atoms with Gasteiger partial charge >= 0.3 is 5.97 Å². The first-order chi connectivity index (χ1) is 7.42. The van der Waals surface area contributed by atoms with Crippen molar-refractivity contribution in [3.8, 4) is 0 Å². The lowest BCUT2D eigenvalue weighted by molar-refractivity contribution is -0.322. The summed E-state index contributed by atoms with van der Waals surface area (Å²) in [4.78, 5) is 15.8. The molecular weight excluding hydrogens is 212 g/mol. The summed E-state index contributed by atoms with van der Waals surface area (Å²) in [6, 6.07) is 1.52. The van der Waals surface area contributed by atoms with Crippen molar-refractivity contribution in [3.63, 3.8) is 0 Å². The average molecular weight is 228 g/mol. The van der Waals surface area contributed by atoms with Gasteiger partial charge in [-0.3, -0.25) is 5.26 Å². The van der Waals surface area contributed by atoms with Crippen molar-refractivity contribution in [1.29, 1.82) is 0 Å². The van der Waals surface area contributed by atoms with Crippen molar-refractivity contribution in [2.75, 3.05) is 6.61 Å². The van der Waals surface area contributed by atoms with Gasteiger partial charge in [0.1, 0.15) is 17.1 Å². The van der Waals surface area contributed by atoms with Gasteiger partial charge in [0.15, 0.2) is 5.60 Å². The maximum absolute atomic E-state index is 11.5. The van der Waals surface area contributed by atoms with E-state index < -0.39 is 11.6 Å². The van der Waals surface area contributed by atoms with Crippen molar-refractivity contribution in [3.05, 3.63) is 23.2 Å². The molecule has 0 fully saturated rings. The number of rotatable bonds is 4. The van der Waals surface area contributed by atoms with Gasteiger partial charge in [-0.15, -0.1) is 0 Å². The normalized spacial score (nSPS) is 11.6. The second-order valence-corrected chi connectivity index (χ2v) is 3.90. The molecule has 0 atom stereocenters. The number of esters is 1. The maximum atomic E-state index is 11.5. The second-order valence-electron chi connectivity index (χ2n) is 3.90. The molecule has 0 saturated heterocycles.